The smallest absolute Gasteiger partial charge is 0.308 e. The number of carbonyl (C=O) groups is 2. The number of allylic oxidation sites excluding steroid dienone is 4. The molecule has 0 bridgehead atoms. The molecule has 4 N–H and O–H groups in total. The number of halogens is 1. The molecule has 0 saturated carbocycles. The van der Waals surface area contributed by atoms with Crippen molar-refractivity contribution in [3.05, 3.63) is 70.8 Å². The summed E-state index contributed by atoms with van der Waals surface area (Å²) in [5, 5.41) is 37.2. The predicted octanol–water partition coefficient (Wildman–Crippen LogP) is 5.85. The Morgan fingerprint density at radius 2 is 1.72 bits per heavy atom. The molecule has 1 heterocycles. The molecule has 2 rings (SSSR count). The van der Waals surface area contributed by atoms with E-state index in [1.165, 1.54) is 21.0 Å². The van der Waals surface area contributed by atoms with Crippen molar-refractivity contribution in [1.29, 1.82) is 0 Å². The number of ether oxygens (including phenoxy) is 4. The van der Waals surface area contributed by atoms with Crippen molar-refractivity contribution in [1.82, 2.24) is 5.32 Å². The Kier molecular flexibility index (Phi) is 17.8. The van der Waals surface area contributed by atoms with Crippen LogP contribution < -0.4 is 5.32 Å². The monoisotopic (exact) mass is 721 g/mol. The molecular formula is C39H60ClNO9. The van der Waals surface area contributed by atoms with Gasteiger partial charge in [-0.3, -0.25) is 9.59 Å². The van der Waals surface area contributed by atoms with E-state index in [1.807, 2.05) is 56.3 Å². The van der Waals surface area contributed by atoms with Gasteiger partial charge >= 0.3 is 11.9 Å². The molecule has 1 aromatic rings. The van der Waals surface area contributed by atoms with Gasteiger partial charge in [0.2, 0.25) is 0 Å². The minimum absolute atomic E-state index is 0.0297. The van der Waals surface area contributed by atoms with Crippen LogP contribution in [0.2, 0.25) is 5.02 Å². The second kappa shape index (κ2) is 20.5. The van der Waals surface area contributed by atoms with E-state index in [9.17, 15) is 24.9 Å². The van der Waals surface area contributed by atoms with Crippen LogP contribution >= 0.6 is 11.6 Å². The lowest BCUT2D eigenvalue weighted by Crippen LogP contribution is -2.52. The number of esters is 2. The van der Waals surface area contributed by atoms with Gasteiger partial charge in [0.15, 0.2) is 0 Å². The van der Waals surface area contributed by atoms with Gasteiger partial charge in [0, 0.05) is 31.5 Å². The molecule has 10 nitrogen and oxygen atoms in total. The van der Waals surface area contributed by atoms with E-state index in [2.05, 4.69) is 23.9 Å². The third-order valence-electron chi connectivity index (χ3n) is 9.36. The van der Waals surface area contributed by atoms with Crippen LogP contribution in [0.5, 0.6) is 0 Å². The molecule has 1 aliphatic heterocycles. The number of epoxide rings is 1. The number of aliphatic hydroxyl groups excluding tert-OH is 1. The van der Waals surface area contributed by atoms with E-state index in [0.717, 1.165) is 17.6 Å². The maximum absolute atomic E-state index is 11.8. The van der Waals surface area contributed by atoms with Gasteiger partial charge in [-0.05, 0) is 76.1 Å². The number of benzene rings is 1. The summed E-state index contributed by atoms with van der Waals surface area (Å²) in [7, 11) is 2.96. The molecule has 50 heavy (non-hydrogen) atoms. The summed E-state index contributed by atoms with van der Waals surface area (Å²) in [4.78, 5) is 23.3. The highest BCUT2D eigenvalue weighted by Crippen LogP contribution is 2.39. The Labute approximate surface area is 303 Å². The Balaban J connectivity index is 2.11. The van der Waals surface area contributed by atoms with Gasteiger partial charge in [-0.25, -0.2) is 0 Å². The Bertz CT molecular complexity index is 1290. The fourth-order valence-electron chi connectivity index (χ4n) is 6.25. The molecule has 0 spiro atoms. The van der Waals surface area contributed by atoms with Crippen molar-refractivity contribution in [2.75, 3.05) is 14.2 Å². The summed E-state index contributed by atoms with van der Waals surface area (Å²) in [6, 6.07) is 7.21. The van der Waals surface area contributed by atoms with Crippen LogP contribution in [0.15, 0.2) is 60.2 Å². The number of carbonyl (C=O) groups excluding carboxylic acids is 2. The maximum Gasteiger partial charge on any atom is 0.308 e. The Hall–Kier alpha value is -2.57. The number of rotatable bonds is 22. The first kappa shape index (κ1) is 43.6. The zero-order valence-electron chi connectivity index (χ0n) is 31.2. The molecule has 10 atom stereocenters. The predicted molar refractivity (Wildman–Crippen MR) is 195 cm³/mol. The zero-order valence-corrected chi connectivity index (χ0v) is 32.0. The highest BCUT2D eigenvalue weighted by Gasteiger charge is 2.54. The largest absolute Gasteiger partial charge is 0.469 e. The second-order valence-electron chi connectivity index (χ2n) is 14.1. The van der Waals surface area contributed by atoms with Crippen LogP contribution in [0.25, 0.3) is 0 Å². The Morgan fingerprint density at radius 1 is 1.06 bits per heavy atom. The SMILES string of the molecule is CC[C@H](OC)[C@@H](C)[C@H]1O[C@@H]1C(NCc1ccc(Cl)cc1)C(C)(O)/C=C/C=C(\C)C[C@@H](C)/C=C/[C@H](OC(C)=O)[C@](C)(O)CC[C@@H](O)CC(=O)OC. The van der Waals surface area contributed by atoms with Crippen LogP contribution in [-0.2, 0) is 35.1 Å². The number of hydrogen-bond acceptors (Lipinski definition) is 10. The van der Waals surface area contributed by atoms with Gasteiger partial charge in [0.1, 0.15) is 17.8 Å². The summed E-state index contributed by atoms with van der Waals surface area (Å²) >= 11 is 6.08. The van der Waals surface area contributed by atoms with Crippen molar-refractivity contribution in [2.45, 2.75) is 135 Å². The molecule has 0 radical (unpaired) electrons. The molecule has 0 aliphatic carbocycles. The van der Waals surface area contributed by atoms with E-state index >= 15 is 0 Å². The highest BCUT2D eigenvalue weighted by molar-refractivity contribution is 6.30. The van der Waals surface area contributed by atoms with E-state index in [4.69, 9.17) is 25.8 Å². The summed E-state index contributed by atoms with van der Waals surface area (Å²) in [6.07, 6.45) is 8.62. The highest BCUT2D eigenvalue weighted by atomic mass is 35.5. The molecule has 0 aromatic heterocycles. The van der Waals surface area contributed by atoms with E-state index in [-0.39, 0.29) is 55.5 Å². The first-order valence-electron chi connectivity index (χ1n) is 17.5. The minimum atomic E-state index is -1.47. The maximum atomic E-state index is 11.8. The Morgan fingerprint density at radius 3 is 2.30 bits per heavy atom. The topological polar surface area (TPSA) is 147 Å². The van der Waals surface area contributed by atoms with Crippen LogP contribution in [0.3, 0.4) is 0 Å². The lowest BCUT2D eigenvalue weighted by Gasteiger charge is -2.31. The van der Waals surface area contributed by atoms with Gasteiger partial charge in [-0.15, -0.1) is 0 Å². The third-order valence-corrected chi connectivity index (χ3v) is 9.61. The lowest BCUT2D eigenvalue weighted by molar-refractivity contribution is -0.156. The van der Waals surface area contributed by atoms with Crippen molar-refractivity contribution in [2.24, 2.45) is 11.8 Å². The molecule has 11 heteroatoms. The minimum Gasteiger partial charge on any atom is -0.469 e. The quantitative estimate of drug-likeness (QED) is 0.0498. The van der Waals surface area contributed by atoms with Crippen molar-refractivity contribution in [3.8, 4) is 0 Å². The standard InChI is InChI=1S/C39H60ClNO9/c1-10-32(47-8)27(4)35-36(50-35)37(41-24-29-14-16-30(40)17-15-29)39(7,46)20-11-12-25(2)22-26(3)13-18-33(49-28(5)42)38(6,45)21-19-31(43)23-34(44)48-9/h11-18,20,26-27,31-33,35-37,41,43,45-46H,10,19,21-24H2,1-9H3/b18-13+,20-11+,25-12+/t26-,27+,31+,32-,33-,35+,36-,37?,38+,39?/m0/s1. The molecular weight excluding hydrogens is 662 g/mol. The lowest BCUT2D eigenvalue weighted by atomic mass is 9.87. The van der Waals surface area contributed by atoms with Gasteiger partial charge < -0.3 is 39.6 Å². The molecule has 1 aromatic carbocycles. The van der Waals surface area contributed by atoms with Gasteiger partial charge in [-0.2, -0.15) is 0 Å². The van der Waals surface area contributed by atoms with E-state index in [1.54, 1.807) is 26.2 Å². The van der Waals surface area contributed by atoms with Crippen molar-refractivity contribution >= 4 is 23.5 Å². The summed E-state index contributed by atoms with van der Waals surface area (Å²) in [5.41, 5.74) is -0.615. The van der Waals surface area contributed by atoms with E-state index in [0.29, 0.717) is 18.0 Å². The zero-order chi connectivity index (χ0) is 37.6. The molecule has 1 saturated heterocycles. The number of methoxy groups -OCH3 is 2. The first-order chi connectivity index (χ1) is 23.4. The number of hydrogen-bond donors (Lipinski definition) is 4. The number of nitrogens with one attached hydrogen (secondary N) is 1. The average molecular weight is 722 g/mol. The van der Waals surface area contributed by atoms with Crippen LogP contribution in [0.1, 0.15) is 86.1 Å². The summed E-state index contributed by atoms with van der Waals surface area (Å²) in [6.45, 7) is 13.4. The fourth-order valence-corrected chi connectivity index (χ4v) is 6.38. The first-order valence-corrected chi connectivity index (χ1v) is 17.9. The van der Waals surface area contributed by atoms with Gasteiger partial charge in [-0.1, -0.05) is 74.4 Å². The van der Waals surface area contributed by atoms with Crippen LogP contribution in [0.4, 0.5) is 0 Å². The van der Waals surface area contributed by atoms with Crippen molar-refractivity contribution < 1.29 is 43.9 Å². The number of aliphatic hydroxyl groups is 3. The third kappa shape index (κ3) is 14.6. The summed E-state index contributed by atoms with van der Waals surface area (Å²) < 4.78 is 21.9. The van der Waals surface area contributed by atoms with E-state index < -0.39 is 35.3 Å². The molecule has 2 unspecified atom stereocenters. The molecule has 282 valence electrons. The molecule has 1 aliphatic rings. The molecule has 1 fully saturated rings. The normalized spacial score (nSPS) is 22.6. The van der Waals surface area contributed by atoms with Crippen LogP contribution in [0, 0.1) is 11.8 Å². The summed E-state index contributed by atoms with van der Waals surface area (Å²) in [5.74, 6) is -0.896. The van der Waals surface area contributed by atoms with Crippen LogP contribution in [-0.4, -0.2) is 89.2 Å². The van der Waals surface area contributed by atoms with Gasteiger partial charge in [0.05, 0.1) is 43.5 Å². The van der Waals surface area contributed by atoms with Gasteiger partial charge in [0.25, 0.3) is 0 Å². The average Bonchev–Trinajstić information content (AvgIpc) is 3.83. The van der Waals surface area contributed by atoms with Crippen molar-refractivity contribution in [3.63, 3.8) is 0 Å². The molecule has 0 amide bonds. The fraction of sp³-hybridized carbons (Fsp3) is 0.641. The second-order valence-corrected chi connectivity index (χ2v) is 14.6.